The summed E-state index contributed by atoms with van der Waals surface area (Å²) in [6.07, 6.45) is -1.58. The Morgan fingerprint density at radius 1 is 1.29 bits per heavy atom. The van der Waals surface area contributed by atoms with Crippen molar-refractivity contribution in [2.24, 2.45) is 0 Å². The van der Waals surface area contributed by atoms with Gasteiger partial charge in [-0.15, -0.1) is 13.2 Å². The van der Waals surface area contributed by atoms with Crippen LogP contribution in [0, 0.1) is 0 Å². The summed E-state index contributed by atoms with van der Waals surface area (Å²) in [5, 5.41) is 0. The van der Waals surface area contributed by atoms with Crippen LogP contribution in [0.2, 0.25) is 0 Å². The number of allylic oxidation sites excluding steroid dienone is 4. The maximum absolute atomic E-state index is 11.2. The molecular weight excluding hydrogens is 193 g/mol. The minimum absolute atomic E-state index is 0.137. The third-order valence-electron chi connectivity index (χ3n) is 1.03. The van der Waals surface area contributed by atoms with Crippen LogP contribution in [0.5, 0.6) is 0 Å². The first-order valence-corrected chi connectivity index (χ1v) is 3.89. The van der Waals surface area contributed by atoms with Crippen molar-refractivity contribution in [1.82, 2.24) is 0 Å². The lowest BCUT2D eigenvalue weighted by Gasteiger charge is -2.07. The minimum atomic E-state index is -4.55. The molecule has 0 saturated carbocycles. The molecule has 0 saturated heterocycles. The summed E-state index contributed by atoms with van der Waals surface area (Å²) in [4.78, 5) is 0. The highest BCUT2D eigenvalue weighted by Gasteiger charge is 2.30. The van der Waals surface area contributed by atoms with Gasteiger partial charge in [0, 0.05) is 0 Å². The van der Waals surface area contributed by atoms with E-state index in [1.807, 2.05) is 6.92 Å². The molecule has 0 atom stereocenters. The molecule has 4 heteroatoms. The van der Waals surface area contributed by atoms with Gasteiger partial charge in [-0.05, 0) is 26.8 Å². The molecular formula is C10H15F3O. The smallest absolute Gasteiger partial charge is 0.411 e. The predicted octanol–water partition coefficient (Wildman–Crippen LogP) is 4.20. The van der Waals surface area contributed by atoms with Gasteiger partial charge < -0.3 is 4.74 Å². The van der Waals surface area contributed by atoms with E-state index in [0.29, 0.717) is 0 Å². The first kappa shape index (κ1) is 15.3. The van der Waals surface area contributed by atoms with Crippen LogP contribution in [0.4, 0.5) is 13.2 Å². The third kappa shape index (κ3) is 17.1. The van der Waals surface area contributed by atoms with Crippen molar-refractivity contribution in [3.63, 3.8) is 0 Å². The fourth-order valence-electron chi connectivity index (χ4n) is 0.241. The van der Waals surface area contributed by atoms with Crippen LogP contribution >= 0.6 is 0 Å². The Morgan fingerprint density at radius 3 is 1.71 bits per heavy atom. The quantitative estimate of drug-likeness (QED) is 0.488. The lowest BCUT2D eigenvalue weighted by atomic mass is 10.4. The lowest BCUT2D eigenvalue weighted by Crippen LogP contribution is -2.11. The Hall–Kier alpha value is -1.19. The average Bonchev–Trinajstić information content (AvgIpc) is 2.02. The predicted molar refractivity (Wildman–Crippen MR) is 51.6 cm³/mol. The summed E-state index contributed by atoms with van der Waals surface area (Å²) in [6, 6.07) is 0. The molecule has 0 aliphatic carbocycles. The number of alkyl halides is 3. The number of halogens is 3. The number of hydrogen-bond acceptors (Lipinski definition) is 1. The zero-order valence-electron chi connectivity index (χ0n) is 8.61. The van der Waals surface area contributed by atoms with Gasteiger partial charge >= 0.3 is 6.36 Å². The van der Waals surface area contributed by atoms with Crippen LogP contribution < -0.4 is 0 Å². The maximum Gasteiger partial charge on any atom is 0.572 e. The van der Waals surface area contributed by atoms with Gasteiger partial charge in [0.05, 0.1) is 5.76 Å². The molecule has 0 heterocycles. The van der Waals surface area contributed by atoms with Crippen molar-refractivity contribution in [3.8, 4) is 0 Å². The number of ether oxygens (including phenoxy) is 1. The van der Waals surface area contributed by atoms with Crippen LogP contribution in [0.25, 0.3) is 0 Å². The van der Waals surface area contributed by atoms with Crippen molar-refractivity contribution in [1.29, 1.82) is 0 Å². The molecule has 0 N–H and O–H groups in total. The fourth-order valence-corrected chi connectivity index (χ4v) is 0.241. The van der Waals surface area contributed by atoms with Crippen LogP contribution in [-0.4, -0.2) is 6.36 Å². The molecule has 0 amide bonds. The molecule has 0 rings (SSSR count). The second-order valence-corrected chi connectivity index (χ2v) is 2.50. The summed E-state index contributed by atoms with van der Waals surface area (Å²) >= 11 is 0. The molecule has 0 aliphatic rings. The largest absolute Gasteiger partial charge is 0.572 e. The van der Waals surface area contributed by atoms with Crippen LogP contribution in [0.15, 0.2) is 36.6 Å². The fraction of sp³-hybridized carbons (Fsp3) is 0.400. The van der Waals surface area contributed by atoms with Crippen LogP contribution in [0.1, 0.15) is 20.8 Å². The standard InChI is InChI=1S/C5H7F3O.C5H8/c1-3-4(2)9-5(6,7)8;1-4-5(2)3/h3H,1-2H3;4H,1-2H2,3H3/b4-3+;. The highest BCUT2D eigenvalue weighted by atomic mass is 19.4. The molecule has 0 aliphatic heterocycles. The molecule has 0 bridgehead atoms. The van der Waals surface area contributed by atoms with Gasteiger partial charge in [-0.1, -0.05) is 24.8 Å². The van der Waals surface area contributed by atoms with E-state index in [1.54, 1.807) is 6.08 Å². The highest BCUT2D eigenvalue weighted by Crippen LogP contribution is 2.19. The molecule has 0 radical (unpaired) electrons. The van der Waals surface area contributed by atoms with Gasteiger partial charge in [-0.25, -0.2) is 0 Å². The lowest BCUT2D eigenvalue weighted by molar-refractivity contribution is -0.305. The van der Waals surface area contributed by atoms with Crippen molar-refractivity contribution >= 4 is 0 Å². The van der Waals surface area contributed by atoms with E-state index in [-0.39, 0.29) is 5.76 Å². The van der Waals surface area contributed by atoms with E-state index in [9.17, 15) is 13.2 Å². The summed E-state index contributed by atoms with van der Waals surface area (Å²) < 4.78 is 37.1. The molecule has 14 heavy (non-hydrogen) atoms. The van der Waals surface area contributed by atoms with Crippen molar-refractivity contribution < 1.29 is 17.9 Å². The Bertz CT molecular complexity index is 214. The van der Waals surface area contributed by atoms with Gasteiger partial charge in [0.25, 0.3) is 0 Å². The van der Waals surface area contributed by atoms with E-state index < -0.39 is 6.36 Å². The molecule has 0 aromatic carbocycles. The molecule has 0 aromatic heterocycles. The van der Waals surface area contributed by atoms with Crippen LogP contribution in [0.3, 0.4) is 0 Å². The average molecular weight is 208 g/mol. The Kier molecular flexibility index (Phi) is 7.90. The van der Waals surface area contributed by atoms with E-state index in [0.717, 1.165) is 5.57 Å². The molecule has 0 fully saturated rings. The summed E-state index contributed by atoms with van der Waals surface area (Å²) in [5.74, 6) is -0.137. The minimum Gasteiger partial charge on any atom is -0.411 e. The van der Waals surface area contributed by atoms with E-state index in [4.69, 9.17) is 0 Å². The number of rotatable bonds is 2. The van der Waals surface area contributed by atoms with Gasteiger partial charge in [0.1, 0.15) is 0 Å². The monoisotopic (exact) mass is 208 g/mol. The summed E-state index contributed by atoms with van der Waals surface area (Å²) in [6.45, 7) is 11.6. The van der Waals surface area contributed by atoms with Crippen molar-refractivity contribution in [2.75, 3.05) is 0 Å². The molecule has 0 unspecified atom stereocenters. The first-order valence-electron chi connectivity index (χ1n) is 3.89. The highest BCUT2D eigenvalue weighted by molar-refractivity contribution is 5.05. The Morgan fingerprint density at radius 2 is 1.64 bits per heavy atom. The summed E-state index contributed by atoms with van der Waals surface area (Å²) in [5.41, 5.74) is 1.02. The molecule has 1 nitrogen and oxygen atoms in total. The van der Waals surface area contributed by atoms with E-state index >= 15 is 0 Å². The molecule has 82 valence electrons. The van der Waals surface area contributed by atoms with Crippen LogP contribution in [-0.2, 0) is 4.74 Å². The first-order chi connectivity index (χ1) is 6.22. The maximum atomic E-state index is 11.2. The number of hydrogen-bond donors (Lipinski definition) is 0. The Labute approximate surface area is 82.6 Å². The van der Waals surface area contributed by atoms with Gasteiger partial charge in [-0.2, -0.15) is 0 Å². The second-order valence-electron chi connectivity index (χ2n) is 2.50. The van der Waals surface area contributed by atoms with E-state index in [2.05, 4.69) is 17.9 Å². The van der Waals surface area contributed by atoms with Gasteiger partial charge in [0.2, 0.25) is 0 Å². The molecule has 0 aromatic rings. The zero-order valence-corrected chi connectivity index (χ0v) is 8.61. The van der Waals surface area contributed by atoms with Gasteiger partial charge in [-0.3, -0.25) is 0 Å². The normalized spacial score (nSPS) is 11.1. The topological polar surface area (TPSA) is 9.23 Å². The zero-order chi connectivity index (χ0) is 11.8. The Balaban J connectivity index is 0. The summed E-state index contributed by atoms with van der Waals surface area (Å²) in [7, 11) is 0. The van der Waals surface area contributed by atoms with E-state index in [1.165, 1.54) is 19.9 Å². The van der Waals surface area contributed by atoms with Gasteiger partial charge in [0.15, 0.2) is 0 Å². The van der Waals surface area contributed by atoms with Crippen molar-refractivity contribution in [2.45, 2.75) is 27.1 Å². The SMILES string of the molecule is C/C=C(\C)OC(F)(F)F.C=CC(=C)C. The third-order valence-corrected chi connectivity index (χ3v) is 1.03. The second kappa shape index (κ2) is 7.24. The molecule has 0 spiro atoms. The van der Waals surface area contributed by atoms with Crippen molar-refractivity contribution in [3.05, 3.63) is 36.6 Å².